The van der Waals surface area contributed by atoms with Crippen molar-refractivity contribution in [3.05, 3.63) is 34.9 Å². The molecule has 1 aromatic rings. The molecule has 0 spiro atoms. The van der Waals surface area contributed by atoms with E-state index in [-0.39, 0.29) is 12.2 Å². The second-order valence-electron chi connectivity index (χ2n) is 4.77. The molecule has 0 fully saturated rings. The molecule has 0 unspecified atom stereocenters. The molecule has 5 heteroatoms. The van der Waals surface area contributed by atoms with E-state index < -0.39 is 15.9 Å². The molecule has 0 aliphatic rings. The van der Waals surface area contributed by atoms with Gasteiger partial charge in [0, 0.05) is 6.42 Å². The molecule has 0 aliphatic carbocycles. The highest BCUT2D eigenvalue weighted by atomic mass is 32.2. The molecule has 4 nitrogen and oxygen atoms in total. The van der Waals surface area contributed by atoms with Crippen molar-refractivity contribution in [2.24, 2.45) is 0 Å². The maximum absolute atomic E-state index is 11.6. The molecule has 1 aromatic carbocycles. The van der Waals surface area contributed by atoms with Crippen molar-refractivity contribution in [3.8, 4) is 0 Å². The Hall–Kier alpha value is -1.36. The normalized spacial score (nSPS) is 11.3. The van der Waals surface area contributed by atoms with Gasteiger partial charge in [0.15, 0.2) is 0 Å². The zero-order valence-corrected chi connectivity index (χ0v) is 12.5. The SMILES string of the molecule is CCCS(=O)(=O)NC(=O)CCc1ccc(C)cc1C. The zero-order chi connectivity index (χ0) is 14.5. The van der Waals surface area contributed by atoms with Gasteiger partial charge in [-0.1, -0.05) is 30.7 Å². The first-order valence-corrected chi connectivity index (χ1v) is 8.08. The van der Waals surface area contributed by atoms with Crippen molar-refractivity contribution in [1.29, 1.82) is 0 Å². The largest absolute Gasteiger partial charge is 0.274 e. The van der Waals surface area contributed by atoms with Gasteiger partial charge in [0.05, 0.1) is 5.75 Å². The fourth-order valence-electron chi connectivity index (χ4n) is 1.92. The Morgan fingerprint density at radius 2 is 1.95 bits per heavy atom. The molecular formula is C14H21NO3S. The average Bonchev–Trinajstić information content (AvgIpc) is 2.26. The Kier molecular flexibility index (Phi) is 5.54. The highest BCUT2D eigenvalue weighted by Crippen LogP contribution is 2.12. The number of carbonyl (C=O) groups is 1. The predicted molar refractivity (Wildman–Crippen MR) is 76.5 cm³/mol. The third kappa shape index (κ3) is 5.42. The Labute approximate surface area is 115 Å². The lowest BCUT2D eigenvalue weighted by Crippen LogP contribution is -2.32. The van der Waals surface area contributed by atoms with Crippen LogP contribution < -0.4 is 4.72 Å². The number of sulfonamides is 1. The molecule has 0 aromatic heterocycles. The van der Waals surface area contributed by atoms with E-state index in [1.54, 1.807) is 6.92 Å². The fraction of sp³-hybridized carbons (Fsp3) is 0.500. The first kappa shape index (κ1) is 15.7. The number of amides is 1. The molecular weight excluding hydrogens is 262 g/mol. The average molecular weight is 283 g/mol. The molecule has 0 saturated heterocycles. The number of hydrogen-bond acceptors (Lipinski definition) is 3. The minimum absolute atomic E-state index is 0.0116. The third-order valence-electron chi connectivity index (χ3n) is 2.86. The summed E-state index contributed by atoms with van der Waals surface area (Å²) in [5.41, 5.74) is 3.38. The number of hydrogen-bond donors (Lipinski definition) is 1. The van der Waals surface area contributed by atoms with E-state index in [1.807, 2.05) is 26.0 Å². The summed E-state index contributed by atoms with van der Waals surface area (Å²) in [6, 6.07) is 6.04. The fourth-order valence-corrected chi connectivity index (χ4v) is 3.01. The number of carbonyl (C=O) groups excluding carboxylic acids is 1. The Bertz CT molecular complexity index is 550. The highest BCUT2D eigenvalue weighted by molar-refractivity contribution is 7.90. The van der Waals surface area contributed by atoms with Gasteiger partial charge in [0.2, 0.25) is 15.9 Å². The zero-order valence-electron chi connectivity index (χ0n) is 11.7. The summed E-state index contributed by atoms with van der Waals surface area (Å²) in [6.45, 7) is 5.77. The van der Waals surface area contributed by atoms with Crippen LogP contribution in [0.4, 0.5) is 0 Å². The van der Waals surface area contributed by atoms with Gasteiger partial charge >= 0.3 is 0 Å². The molecule has 19 heavy (non-hydrogen) atoms. The van der Waals surface area contributed by atoms with Crippen LogP contribution in [0.2, 0.25) is 0 Å². The summed E-state index contributed by atoms with van der Waals surface area (Å²) in [7, 11) is -3.45. The summed E-state index contributed by atoms with van der Waals surface area (Å²) >= 11 is 0. The van der Waals surface area contributed by atoms with Crippen LogP contribution >= 0.6 is 0 Å². The quantitative estimate of drug-likeness (QED) is 0.869. The molecule has 0 heterocycles. The van der Waals surface area contributed by atoms with E-state index in [9.17, 15) is 13.2 Å². The second-order valence-corrected chi connectivity index (χ2v) is 6.62. The maximum atomic E-state index is 11.6. The van der Waals surface area contributed by atoms with E-state index in [4.69, 9.17) is 0 Å². The van der Waals surface area contributed by atoms with Crippen molar-refractivity contribution in [3.63, 3.8) is 0 Å². The van der Waals surface area contributed by atoms with Crippen LogP contribution in [0.5, 0.6) is 0 Å². The minimum Gasteiger partial charge on any atom is -0.274 e. The smallest absolute Gasteiger partial charge is 0.234 e. The highest BCUT2D eigenvalue weighted by Gasteiger charge is 2.13. The van der Waals surface area contributed by atoms with Gasteiger partial charge in [-0.3, -0.25) is 9.52 Å². The lowest BCUT2D eigenvalue weighted by atomic mass is 10.0. The van der Waals surface area contributed by atoms with Crippen molar-refractivity contribution in [1.82, 2.24) is 4.72 Å². The van der Waals surface area contributed by atoms with Gasteiger partial charge in [0.1, 0.15) is 0 Å². The van der Waals surface area contributed by atoms with Gasteiger partial charge in [-0.15, -0.1) is 0 Å². The molecule has 1 rings (SSSR count). The summed E-state index contributed by atoms with van der Waals surface area (Å²) < 4.78 is 25.0. The predicted octanol–water partition coefficient (Wildman–Crippen LogP) is 2.09. The van der Waals surface area contributed by atoms with E-state index in [0.29, 0.717) is 12.8 Å². The summed E-state index contributed by atoms with van der Waals surface area (Å²) in [5.74, 6) is -0.448. The van der Waals surface area contributed by atoms with Gasteiger partial charge in [-0.25, -0.2) is 8.42 Å². The molecule has 0 aliphatic heterocycles. The third-order valence-corrected chi connectivity index (χ3v) is 4.35. The summed E-state index contributed by atoms with van der Waals surface area (Å²) in [5, 5.41) is 0. The van der Waals surface area contributed by atoms with Crippen LogP contribution in [0.1, 0.15) is 36.5 Å². The molecule has 0 bridgehead atoms. The molecule has 1 N–H and O–H groups in total. The summed E-state index contributed by atoms with van der Waals surface area (Å²) in [6.07, 6.45) is 1.24. The first-order valence-electron chi connectivity index (χ1n) is 6.43. The molecule has 106 valence electrons. The van der Waals surface area contributed by atoms with Crippen molar-refractivity contribution < 1.29 is 13.2 Å². The monoisotopic (exact) mass is 283 g/mol. The van der Waals surface area contributed by atoms with Crippen molar-refractivity contribution in [2.75, 3.05) is 5.75 Å². The lowest BCUT2D eigenvalue weighted by Gasteiger charge is -2.08. The molecule has 0 saturated carbocycles. The van der Waals surface area contributed by atoms with Crippen LogP contribution in [-0.4, -0.2) is 20.1 Å². The Morgan fingerprint density at radius 1 is 1.26 bits per heavy atom. The standard InChI is InChI=1S/C14H21NO3S/c1-4-9-19(17,18)15-14(16)8-7-13-6-5-11(2)10-12(13)3/h5-6,10H,4,7-9H2,1-3H3,(H,15,16). The van der Waals surface area contributed by atoms with Gasteiger partial charge in [-0.2, -0.15) is 0 Å². The van der Waals surface area contributed by atoms with Crippen LogP contribution in [-0.2, 0) is 21.2 Å². The summed E-state index contributed by atoms with van der Waals surface area (Å²) in [4.78, 5) is 11.6. The number of nitrogens with one attached hydrogen (secondary N) is 1. The maximum Gasteiger partial charge on any atom is 0.234 e. The number of aryl methyl sites for hydroxylation is 3. The van der Waals surface area contributed by atoms with E-state index >= 15 is 0 Å². The van der Waals surface area contributed by atoms with Crippen LogP contribution in [0.15, 0.2) is 18.2 Å². The van der Waals surface area contributed by atoms with Crippen LogP contribution in [0, 0.1) is 13.8 Å². The van der Waals surface area contributed by atoms with Crippen molar-refractivity contribution in [2.45, 2.75) is 40.0 Å². The van der Waals surface area contributed by atoms with E-state index in [0.717, 1.165) is 11.1 Å². The van der Waals surface area contributed by atoms with Crippen LogP contribution in [0.25, 0.3) is 0 Å². The van der Waals surface area contributed by atoms with Gasteiger partial charge in [-0.05, 0) is 37.8 Å². The Balaban J connectivity index is 2.55. The molecule has 0 atom stereocenters. The minimum atomic E-state index is -3.45. The van der Waals surface area contributed by atoms with Gasteiger partial charge < -0.3 is 0 Å². The topological polar surface area (TPSA) is 63.2 Å². The Morgan fingerprint density at radius 3 is 2.53 bits per heavy atom. The number of rotatable bonds is 6. The lowest BCUT2D eigenvalue weighted by molar-refractivity contribution is -0.119. The number of benzene rings is 1. The molecule has 1 amide bonds. The first-order chi connectivity index (χ1) is 8.84. The second kappa shape index (κ2) is 6.70. The van der Waals surface area contributed by atoms with E-state index in [1.165, 1.54) is 5.56 Å². The van der Waals surface area contributed by atoms with Gasteiger partial charge in [0.25, 0.3) is 0 Å². The van der Waals surface area contributed by atoms with Crippen LogP contribution in [0.3, 0.4) is 0 Å². The van der Waals surface area contributed by atoms with E-state index in [2.05, 4.69) is 10.8 Å². The van der Waals surface area contributed by atoms with Crippen molar-refractivity contribution >= 4 is 15.9 Å². The molecule has 0 radical (unpaired) electrons.